The average Bonchev–Trinajstić information content (AvgIpc) is 2.90. The van der Waals surface area contributed by atoms with E-state index in [1.54, 1.807) is 19.3 Å². The highest BCUT2D eigenvalue weighted by Crippen LogP contribution is 2.23. The van der Waals surface area contributed by atoms with Gasteiger partial charge in [-0.2, -0.15) is 0 Å². The molecule has 0 aliphatic carbocycles. The number of likely N-dealkylation sites (tertiary alicyclic amines) is 1. The van der Waals surface area contributed by atoms with Crippen LogP contribution in [0.1, 0.15) is 42.8 Å². The summed E-state index contributed by atoms with van der Waals surface area (Å²) in [4.78, 5) is 14.1. The van der Waals surface area contributed by atoms with Crippen LogP contribution < -0.4 is 5.32 Å². The van der Waals surface area contributed by atoms with E-state index >= 15 is 0 Å². The maximum atomic E-state index is 11.8. The zero-order chi connectivity index (χ0) is 14.6. The summed E-state index contributed by atoms with van der Waals surface area (Å²) >= 11 is 0. The molecule has 1 aromatic heterocycles. The third-order valence-electron chi connectivity index (χ3n) is 4.17. The maximum absolute atomic E-state index is 11.8. The molecule has 1 aromatic rings. The van der Waals surface area contributed by atoms with Crippen molar-refractivity contribution in [2.75, 3.05) is 26.7 Å². The van der Waals surface area contributed by atoms with Gasteiger partial charge >= 0.3 is 5.97 Å². The summed E-state index contributed by atoms with van der Waals surface area (Å²) < 4.78 is 10.5. The van der Waals surface area contributed by atoms with E-state index in [9.17, 15) is 4.79 Å². The van der Waals surface area contributed by atoms with Crippen molar-refractivity contribution in [3.05, 3.63) is 23.7 Å². The van der Waals surface area contributed by atoms with Gasteiger partial charge in [0.25, 0.3) is 0 Å². The van der Waals surface area contributed by atoms with E-state index in [1.165, 1.54) is 0 Å². The molecule has 0 radical (unpaired) electrons. The smallest absolute Gasteiger partial charge is 0.341 e. The number of esters is 1. The van der Waals surface area contributed by atoms with Crippen molar-refractivity contribution in [2.24, 2.45) is 0 Å². The molecule has 5 heteroatoms. The lowest BCUT2D eigenvalue weighted by molar-refractivity contribution is 0.0520. The molecule has 0 atom stereocenters. The lowest BCUT2D eigenvalue weighted by atomic mass is 9.90. The fourth-order valence-electron chi connectivity index (χ4n) is 2.51. The molecule has 0 unspecified atom stereocenters. The largest absolute Gasteiger partial charge is 0.467 e. The second kappa shape index (κ2) is 6.41. The highest BCUT2D eigenvalue weighted by atomic mass is 16.5. The second-order valence-corrected chi connectivity index (χ2v) is 5.56. The number of hydrogen-bond acceptors (Lipinski definition) is 5. The van der Waals surface area contributed by atoms with Gasteiger partial charge in [0.2, 0.25) is 0 Å². The van der Waals surface area contributed by atoms with Gasteiger partial charge in [-0.25, -0.2) is 4.79 Å². The number of hydrogen-bond donors (Lipinski definition) is 1. The Morgan fingerprint density at radius 1 is 1.50 bits per heavy atom. The average molecular weight is 280 g/mol. The minimum atomic E-state index is -0.298. The molecule has 2 heterocycles. The van der Waals surface area contributed by atoms with E-state index in [0.717, 1.165) is 25.9 Å². The van der Waals surface area contributed by atoms with E-state index in [1.807, 2.05) is 7.05 Å². The molecule has 1 fully saturated rings. The molecule has 1 saturated heterocycles. The Morgan fingerprint density at radius 3 is 2.80 bits per heavy atom. The number of furan rings is 1. The first-order valence-corrected chi connectivity index (χ1v) is 7.23. The zero-order valence-electron chi connectivity index (χ0n) is 12.6. The molecule has 0 bridgehead atoms. The van der Waals surface area contributed by atoms with E-state index in [2.05, 4.69) is 17.1 Å². The van der Waals surface area contributed by atoms with Gasteiger partial charge in [-0.1, -0.05) is 0 Å². The quantitative estimate of drug-likeness (QED) is 0.836. The number of rotatable bonds is 5. The van der Waals surface area contributed by atoms with Crippen LogP contribution in [0.15, 0.2) is 16.7 Å². The van der Waals surface area contributed by atoms with Gasteiger partial charge in [-0.15, -0.1) is 0 Å². The van der Waals surface area contributed by atoms with Crippen LogP contribution in [0.5, 0.6) is 0 Å². The SMILES string of the molecule is CCOC(=O)c1ccoc1CN1CCC(C)(NC)CC1. The predicted molar refractivity (Wildman–Crippen MR) is 76.6 cm³/mol. The number of piperidine rings is 1. The third-order valence-corrected chi connectivity index (χ3v) is 4.17. The molecule has 2 rings (SSSR count). The Balaban J connectivity index is 1.95. The number of carbonyl (C=O) groups excluding carboxylic acids is 1. The maximum Gasteiger partial charge on any atom is 0.341 e. The molecule has 5 nitrogen and oxygen atoms in total. The van der Waals surface area contributed by atoms with Crippen LogP contribution in [0, 0.1) is 0 Å². The molecular formula is C15H24N2O3. The van der Waals surface area contributed by atoms with Gasteiger partial charge in [0, 0.05) is 18.6 Å². The molecule has 1 aliphatic heterocycles. The van der Waals surface area contributed by atoms with E-state index in [4.69, 9.17) is 9.15 Å². The predicted octanol–water partition coefficient (Wildman–Crippen LogP) is 2.03. The molecule has 0 spiro atoms. The van der Waals surface area contributed by atoms with Crippen LogP contribution in [0.4, 0.5) is 0 Å². The third kappa shape index (κ3) is 3.41. The van der Waals surface area contributed by atoms with Gasteiger partial charge in [-0.05, 0) is 39.8 Å². The summed E-state index contributed by atoms with van der Waals surface area (Å²) in [7, 11) is 2.01. The summed E-state index contributed by atoms with van der Waals surface area (Å²) in [5.41, 5.74) is 0.776. The monoisotopic (exact) mass is 280 g/mol. The summed E-state index contributed by atoms with van der Waals surface area (Å²) in [6.07, 6.45) is 3.75. The zero-order valence-corrected chi connectivity index (χ0v) is 12.6. The minimum absolute atomic E-state index is 0.226. The van der Waals surface area contributed by atoms with Gasteiger partial charge in [0.15, 0.2) is 0 Å². The van der Waals surface area contributed by atoms with Crippen molar-refractivity contribution in [2.45, 2.75) is 38.8 Å². The Hall–Kier alpha value is -1.33. The molecule has 112 valence electrons. The van der Waals surface area contributed by atoms with Gasteiger partial charge in [0.1, 0.15) is 11.3 Å². The van der Waals surface area contributed by atoms with Crippen molar-refractivity contribution in [1.82, 2.24) is 10.2 Å². The Morgan fingerprint density at radius 2 is 2.20 bits per heavy atom. The Bertz CT molecular complexity index is 448. The lowest BCUT2D eigenvalue weighted by Gasteiger charge is -2.39. The molecule has 1 aliphatic rings. The molecule has 0 amide bonds. The highest BCUT2D eigenvalue weighted by molar-refractivity contribution is 5.90. The van der Waals surface area contributed by atoms with E-state index in [-0.39, 0.29) is 11.5 Å². The lowest BCUT2D eigenvalue weighted by Crippen LogP contribution is -2.49. The molecule has 1 N–H and O–H groups in total. The number of ether oxygens (including phenoxy) is 1. The van der Waals surface area contributed by atoms with Crippen LogP contribution in [-0.2, 0) is 11.3 Å². The van der Waals surface area contributed by atoms with Crippen molar-refractivity contribution in [3.63, 3.8) is 0 Å². The highest BCUT2D eigenvalue weighted by Gasteiger charge is 2.29. The van der Waals surface area contributed by atoms with Crippen molar-refractivity contribution in [1.29, 1.82) is 0 Å². The number of carbonyl (C=O) groups is 1. The van der Waals surface area contributed by atoms with Gasteiger partial charge < -0.3 is 14.5 Å². The van der Waals surface area contributed by atoms with Crippen LogP contribution >= 0.6 is 0 Å². The Kier molecular flexibility index (Phi) is 4.83. The number of nitrogens with zero attached hydrogens (tertiary/aromatic N) is 1. The summed E-state index contributed by atoms with van der Waals surface area (Å²) in [5.74, 6) is 0.407. The first kappa shape index (κ1) is 15.1. The fraction of sp³-hybridized carbons (Fsp3) is 0.667. The molecular weight excluding hydrogens is 256 g/mol. The summed E-state index contributed by atoms with van der Waals surface area (Å²) in [5, 5.41) is 3.38. The number of nitrogens with one attached hydrogen (secondary N) is 1. The normalized spacial score (nSPS) is 18.9. The van der Waals surface area contributed by atoms with E-state index < -0.39 is 0 Å². The van der Waals surface area contributed by atoms with Crippen molar-refractivity contribution in [3.8, 4) is 0 Å². The van der Waals surface area contributed by atoms with Gasteiger partial charge in [0.05, 0.1) is 19.4 Å². The van der Waals surface area contributed by atoms with Crippen LogP contribution in [0.3, 0.4) is 0 Å². The standard InChI is InChI=1S/C15H24N2O3/c1-4-19-14(18)12-5-10-20-13(12)11-17-8-6-15(2,16-3)7-9-17/h5,10,16H,4,6-9,11H2,1-3H3. The minimum Gasteiger partial charge on any atom is -0.467 e. The molecule has 0 aromatic carbocycles. The van der Waals surface area contributed by atoms with Crippen LogP contribution in [0.25, 0.3) is 0 Å². The van der Waals surface area contributed by atoms with Gasteiger partial charge in [-0.3, -0.25) is 4.90 Å². The van der Waals surface area contributed by atoms with E-state index in [0.29, 0.717) is 24.5 Å². The Labute approximate surface area is 120 Å². The first-order chi connectivity index (χ1) is 9.58. The van der Waals surface area contributed by atoms with Crippen LogP contribution in [0.2, 0.25) is 0 Å². The second-order valence-electron chi connectivity index (χ2n) is 5.56. The molecule has 20 heavy (non-hydrogen) atoms. The fourth-order valence-corrected chi connectivity index (χ4v) is 2.51. The van der Waals surface area contributed by atoms with Crippen molar-refractivity contribution < 1.29 is 13.9 Å². The summed E-state index contributed by atoms with van der Waals surface area (Å²) in [6.45, 7) is 7.11. The molecule has 0 saturated carbocycles. The first-order valence-electron chi connectivity index (χ1n) is 7.23. The summed E-state index contributed by atoms with van der Waals surface area (Å²) in [6, 6.07) is 1.69. The van der Waals surface area contributed by atoms with Crippen molar-refractivity contribution >= 4 is 5.97 Å². The van der Waals surface area contributed by atoms with Crippen LogP contribution in [-0.4, -0.2) is 43.2 Å². The topological polar surface area (TPSA) is 54.7 Å².